The van der Waals surface area contributed by atoms with Gasteiger partial charge in [0.2, 0.25) is 0 Å². The summed E-state index contributed by atoms with van der Waals surface area (Å²) >= 11 is 0. The highest BCUT2D eigenvalue weighted by molar-refractivity contribution is 4.77. The largest absolute Gasteiger partial charge is 0.317 e. The third-order valence-electron chi connectivity index (χ3n) is 2.24. The highest BCUT2D eigenvalue weighted by Gasteiger charge is 2.11. The van der Waals surface area contributed by atoms with E-state index in [1.54, 1.807) is 0 Å². The van der Waals surface area contributed by atoms with Gasteiger partial charge in [-0.05, 0) is 51.1 Å². The van der Waals surface area contributed by atoms with Crippen molar-refractivity contribution in [1.29, 1.82) is 0 Å². The fourth-order valence-electron chi connectivity index (χ4n) is 1.55. The predicted octanol–water partition coefficient (Wildman–Crippen LogP) is 1.99. The zero-order valence-corrected chi connectivity index (χ0v) is 6.90. The quantitative estimate of drug-likeness (QED) is 0.632. The topological polar surface area (TPSA) is 12.0 Å². The molecule has 1 N–H and O–H groups in total. The Morgan fingerprint density at radius 3 is 2.70 bits per heavy atom. The van der Waals surface area contributed by atoms with E-state index in [-0.39, 0.29) is 0 Å². The van der Waals surface area contributed by atoms with E-state index in [0.717, 1.165) is 12.5 Å². The van der Waals surface area contributed by atoms with Crippen LogP contribution in [-0.4, -0.2) is 13.1 Å². The van der Waals surface area contributed by atoms with E-state index in [1.807, 2.05) is 0 Å². The van der Waals surface area contributed by atoms with Crippen LogP contribution in [0.4, 0.5) is 0 Å². The lowest BCUT2D eigenvalue weighted by Gasteiger charge is -2.21. The highest BCUT2D eigenvalue weighted by atomic mass is 14.8. The van der Waals surface area contributed by atoms with E-state index < -0.39 is 0 Å². The molecule has 59 valence electrons. The SMILES string of the molecule is CCNCC1CC[CH]CC1. The molecule has 0 aromatic rings. The second-order valence-corrected chi connectivity index (χ2v) is 3.12. The Labute approximate surface area is 64.2 Å². The van der Waals surface area contributed by atoms with E-state index >= 15 is 0 Å². The monoisotopic (exact) mass is 140 g/mol. The van der Waals surface area contributed by atoms with Gasteiger partial charge in [-0.2, -0.15) is 0 Å². The third-order valence-corrected chi connectivity index (χ3v) is 2.24. The molecule has 1 fully saturated rings. The maximum absolute atomic E-state index is 3.40. The molecule has 0 spiro atoms. The lowest BCUT2D eigenvalue weighted by Crippen LogP contribution is -2.24. The van der Waals surface area contributed by atoms with Crippen molar-refractivity contribution in [2.24, 2.45) is 5.92 Å². The van der Waals surface area contributed by atoms with Gasteiger partial charge in [0.25, 0.3) is 0 Å². The molecular formula is C9H18N. The van der Waals surface area contributed by atoms with Gasteiger partial charge >= 0.3 is 0 Å². The number of hydrogen-bond donors (Lipinski definition) is 1. The second-order valence-electron chi connectivity index (χ2n) is 3.12. The molecule has 0 atom stereocenters. The van der Waals surface area contributed by atoms with Gasteiger partial charge in [-0.25, -0.2) is 0 Å². The van der Waals surface area contributed by atoms with Crippen LogP contribution < -0.4 is 5.32 Å². The second kappa shape index (κ2) is 4.73. The van der Waals surface area contributed by atoms with Gasteiger partial charge in [-0.1, -0.05) is 6.92 Å². The first-order chi connectivity index (χ1) is 4.93. The fourth-order valence-corrected chi connectivity index (χ4v) is 1.55. The Hall–Kier alpha value is -0.0400. The first-order valence-electron chi connectivity index (χ1n) is 4.46. The molecule has 1 radical (unpaired) electrons. The zero-order valence-electron chi connectivity index (χ0n) is 6.90. The van der Waals surface area contributed by atoms with E-state index in [9.17, 15) is 0 Å². The summed E-state index contributed by atoms with van der Waals surface area (Å²) in [4.78, 5) is 0. The molecule has 0 bridgehead atoms. The van der Waals surface area contributed by atoms with Gasteiger partial charge in [0.05, 0.1) is 0 Å². The van der Waals surface area contributed by atoms with Crippen LogP contribution in [0.2, 0.25) is 0 Å². The summed E-state index contributed by atoms with van der Waals surface area (Å²) < 4.78 is 0. The molecule has 1 aliphatic carbocycles. The normalized spacial score (nSPS) is 21.3. The van der Waals surface area contributed by atoms with Gasteiger partial charge in [0.15, 0.2) is 0 Å². The third kappa shape index (κ3) is 2.70. The van der Waals surface area contributed by atoms with Crippen molar-refractivity contribution in [2.75, 3.05) is 13.1 Å². The minimum Gasteiger partial charge on any atom is -0.317 e. The molecular weight excluding hydrogens is 122 g/mol. The van der Waals surface area contributed by atoms with E-state index in [0.29, 0.717) is 0 Å². The van der Waals surface area contributed by atoms with Crippen LogP contribution in [0.25, 0.3) is 0 Å². The average Bonchev–Trinajstić information content (AvgIpc) is 2.03. The minimum absolute atomic E-state index is 0.963. The molecule has 0 aromatic carbocycles. The Morgan fingerprint density at radius 2 is 2.10 bits per heavy atom. The maximum atomic E-state index is 3.40. The van der Waals surface area contributed by atoms with Crippen molar-refractivity contribution in [3.05, 3.63) is 6.42 Å². The van der Waals surface area contributed by atoms with Crippen molar-refractivity contribution in [3.8, 4) is 0 Å². The summed E-state index contributed by atoms with van der Waals surface area (Å²) in [6.45, 7) is 4.54. The Balaban J connectivity index is 2.02. The summed E-state index contributed by atoms with van der Waals surface area (Å²) in [7, 11) is 0. The maximum Gasteiger partial charge on any atom is -0.00206 e. The van der Waals surface area contributed by atoms with Crippen LogP contribution in [0, 0.1) is 12.3 Å². The summed E-state index contributed by atoms with van der Waals surface area (Å²) in [5, 5.41) is 3.40. The van der Waals surface area contributed by atoms with Gasteiger partial charge < -0.3 is 5.32 Å². The minimum atomic E-state index is 0.963. The van der Waals surface area contributed by atoms with Crippen LogP contribution in [0.15, 0.2) is 0 Å². The molecule has 0 aliphatic heterocycles. The van der Waals surface area contributed by atoms with Gasteiger partial charge in [0, 0.05) is 0 Å². The number of nitrogens with one attached hydrogen (secondary N) is 1. The zero-order chi connectivity index (χ0) is 7.23. The summed E-state index contributed by atoms with van der Waals surface area (Å²) in [6.07, 6.45) is 7.93. The molecule has 0 amide bonds. The van der Waals surface area contributed by atoms with Crippen molar-refractivity contribution in [1.82, 2.24) is 5.32 Å². The Morgan fingerprint density at radius 1 is 1.40 bits per heavy atom. The number of rotatable bonds is 3. The molecule has 1 aliphatic rings. The standard InChI is InChI=1S/C9H18N/c1-2-10-8-9-6-4-3-5-7-9/h3,9-10H,2,4-8H2,1H3. The van der Waals surface area contributed by atoms with Gasteiger partial charge in [-0.3, -0.25) is 0 Å². The number of hydrogen-bond acceptors (Lipinski definition) is 1. The summed E-state index contributed by atoms with van der Waals surface area (Å²) in [5.41, 5.74) is 0. The van der Waals surface area contributed by atoms with Gasteiger partial charge in [-0.15, -0.1) is 0 Å². The molecule has 10 heavy (non-hydrogen) atoms. The fraction of sp³-hybridized carbons (Fsp3) is 0.889. The summed E-state index contributed by atoms with van der Waals surface area (Å²) in [5.74, 6) is 0.963. The van der Waals surface area contributed by atoms with Crippen molar-refractivity contribution >= 4 is 0 Å². The van der Waals surface area contributed by atoms with E-state index in [2.05, 4.69) is 18.7 Å². The average molecular weight is 140 g/mol. The molecule has 0 heterocycles. The molecule has 1 saturated carbocycles. The molecule has 1 heteroatoms. The molecule has 1 rings (SSSR count). The van der Waals surface area contributed by atoms with Crippen LogP contribution in [0.5, 0.6) is 0 Å². The predicted molar refractivity (Wildman–Crippen MR) is 44.8 cm³/mol. The van der Waals surface area contributed by atoms with E-state index in [1.165, 1.54) is 32.2 Å². The Kier molecular flexibility index (Phi) is 3.81. The highest BCUT2D eigenvalue weighted by Crippen LogP contribution is 2.21. The van der Waals surface area contributed by atoms with Crippen molar-refractivity contribution in [3.63, 3.8) is 0 Å². The smallest absolute Gasteiger partial charge is 0.00206 e. The first-order valence-corrected chi connectivity index (χ1v) is 4.46. The van der Waals surface area contributed by atoms with E-state index in [4.69, 9.17) is 0 Å². The van der Waals surface area contributed by atoms with Crippen molar-refractivity contribution < 1.29 is 0 Å². The lowest BCUT2D eigenvalue weighted by molar-refractivity contribution is 0.385. The molecule has 0 unspecified atom stereocenters. The summed E-state index contributed by atoms with van der Waals surface area (Å²) in [6, 6.07) is 0. The molecule has 1 nitrogen and oxygen atoms in total. The first kappa shape index (κ1) is 8.06. The molecule has 0 saturated heterocycles. The van der Waals surface area contributed by atoms with Gasteiger partial charge in [0.1, 0.15) is 0 Å². The van der Waals surface area contributed by atoms with Crippen LogP contribution in [0.3, 0.4) is 0 Å². The van der Waals surface area contributed by atoms with Crippen molar-refractivity contribution in [2.45, 2.75) is 32.6 Å². The lowest BCUT2D eigenvalue weighted by atomic mass is 9.89. The molecule has 0 aromatic heterocycles. The van der Waals surface area contributed by atoms with Crippen LogP contribution in [0.1, 0.15) is 32.6 Å². The van der Waals surface area contributed by atoms with Crippen LogP contribution in [-0.2, 0) is 0 Å². The Bertz CT molecular complexity index is 74.8. The van der Waals surface area contributed by atoms with Crippen LogP contribution >= 0.6 is 0 Å².